The van der Waals surface area contributed by atoms with E-state index >= 15 is 0 Å². The second-order valence-corrected chi connectivity index (χ2v) is 6.08. The summed E-state index contributed by atoms with van der Waals surface area (Å²) in [5.74, 6) is 0.706. The number of hydrogen-bond acceptors (Lipinski definition) is 6. The lowest BCUT2D eigenvalue weighted by Crippen LogP contribution is -2.05. The zero-order chi connectivity index (χ0) is 18.1. The molecule has 27 heavy (non-hydrogen) atoms. The third-order valence-electron chi connectivity index (χ3n) is 4.38. The van der Waals surface area contributed by atoms with Crippen LogP contribution in [-0.2, 0) is 6.54 Å². The van der Waals surface area contributed by atoms with Crippen LogP contribution in [0.1, 0.15) is 5.56 Å². The number of nitrogens with zero attached hydrogens (tertiary/aromatic N) is 5. The molecular formula is C20H15N7. The maximum atomic E-state index is 4.85. The van der Waals surface area contributed by atoms with Crippen LogP contribution in [0.2, 0.25) is 0 Å². The smallest absolute Gasteiger partial charge is 0.182 e. The van der Waals surface area contributed by atoms with Crippen molar-refractivity contribution < 1.29 is 0 Å². The molecule has 0 spiro atoms. The summed E-state index contributed by atoms with van der Waals surface area (Å²) in [6, 6.07) is 16.1. The van der Waals surface area contributed by atoms with Gasteiger partial charge in [-0.2, -0.15) is 0 Å². The molecule has 0 aliphatic rings. The van der Waals surface area contributed by atoms with E-state index in [1.807, 2.05) is 36.4 Å². The summed E-state index contributed by atoms with van der Waals surface area (Å²) in [6.07, 6.45) is 4.90. The Morgan fingerprint density at radius 2 is 1.85 bits per heavy atom. The molecular weight excluding hydrogens is 338 g/mol. The molecule has 4 heterocycles. The maximum absolute atomic E-state index is 4.85. The van der Waals surface area contributed by atoms with Crippen molar-refractivity contribution in [1.82, 2.24) is 29.9 Å². The van der Waals surface area contributed by atoms with Crippen LogP contribution < -0.4 is 5.32 Å². The van der Waals surface area contributed by atoms with Gasteiger partial charge in [-0.3, -0.25) is 4.98 Å². The Bertz CT molecular complexity index is 1230. The van der Waals surface area contributed by atoms with Crippen molar-refractivity contribution in [3.05, 3.63) is 72.9 Å². The number of hydrogen-bond donors (Lipinski definition) is 2. The van der Waals surface area contributed by atoms with Crippen LogP contribution in [0.4, 0.5) is 5.82 Å². The Morgan fingerprint density at radius 3 is 2.78 bits per heavy atom. The van der Waals surface area contributed by atoms with Crippen LogP contribution >= 0.6 is 0 Å². The predicted octanol–water partition coefficient (Wildman–Crippen LogP) is 3.58. The topological polar surface area (TPSA) is 92.3 Å². The van der Waals surface area contributed by atoms with Gasteiger partial charge in [-0.1, -0.05) is 24.3 Å². The number of H-pyrrole nitrogens is 1. The van der Waals surface area contributed by atoms with Gasteiger partial charge < -0.3 is 10.3 Å². The van der Waals surface area contributed by atoms with Crippen LogP contribution in [-0.4, -0.2) is 29.9 Å². The molecule has 0 bridgehead atoms. The number of imidazole rings is 1. The Balaban J connectivity index is 1.58. The number of benzene rings is 1. The average Bonchev–Trinajstić information content (AvgIpc) is 3.22. The van der Waals surface area contributed by atoms with Crippen molar-refractivity contribution >= 4 is 27.9 Å². The molecule has 0 radical (unpaired) electrons. The van der Waals surface area contributed by atoms with Crippen molar-refractivity contribution in [2.24, 2.45) is 0 Å². The van der Waals surface area contributed by atoms with Gasteiger partial charge in [0, 0.05) is 18.1 Å². The summed E-state index contributed by atoms with van der Waals surface area (Å²) in [4.78, 5) is 25.1. The fraction of sp³-hybridized carbons (Fsp3) is 0.0500. The van der Waals surface area contributed by atoms with Crippen molar-refractivity contribution in [3.8, 4) is 11.4 Å². The first kappa shape index (κ1) is 15.4. The summed E-state index contributed by atoms with van der Waals surface area (Å²) in [6.45, 7) is 0.550. The number of anilines is 1. The number of nitrogens with one attached hydrogen (secondary N) is 2. The molecule has 7 heteroatoms. The molecule has 0 fully saturated rings. The zero-order valence-corrected chi connectivity index (χ0v) is 14.3. The highest BCUT2D eigenvalue weighted by Crippen LogP contribution is 2.25. The third-order valence-corrected chi connectivity index (χ3v) is 4.38. The van der Waals surface area contributed by atoms with Crippen molar-refractivity contribution in [3.63, 3.8) is 0 Å². The monoisotopic (exact) mass is 353 g/mol. The second kappa shape index (κ2) is 6.45. The quantitative estimate of drug-likeness (QED) is 0.513. The first-order valence-corrected chi connectivity index (χ1v) is 8.56. The largest absolute Gasteiger partial charge is 0.364 e. The molecule has 0 saturated carbocycles. The Hall–Kier alpha value is -3.87. The van der Waals surface area contributed by atoms with Crippen LogP contribution in [0, 0.1) is 0 Å². The van der Waals surface area contributed by atoms with Crippen LogP contribution in [0.3, 0.4) is 0 Å². The maximum Gasteiger partial charge on any atom is 0.182 e. The van der Waals surface area contributed by atoms with Crippen LogP contribution in [0.15, 0.2) is 67.4 Å². The van der Waals surface area contributed by atoms with E-state index in [1.54, 1.807) is 12.5 Å². The molecule has 0 aliphatic heterocycles. The Labute approximate surface area is 154 Å². The molecule has 0 aliphatic carbocycles. The van der Waals surface area contributed by atoms with Crippen molar-refractivity contribution in [2.45, 2.75) is 6.54 Å². The Kier molecular flexibility index (Phi) is 3.68. The number of aromatic amines is 1. The highest BCUT2D eigenvalue weighted by molar-refractivity contribution is 5.84. The first-order valence-electron chi connectivity index (χ1n) is 8.56. The molecule has 1 aromatic carbocycles. The molecule has 0 amide bonds. The van der Waals surface area contributed by atoms with Gasteiger partial charge in [0.25, 0.3) is 0 Å². The molecule has 0 saturated heterocycles. The normalized spacial score (nSPS) is 11.1. The zero-order valence-electron chi connectivity index (χ0n) is 14.3. The number of aromatic nitrogens is 6. The van der Waals surface area contributed by atoms with Crippen molar-refractivity contribution in [1.29, 1.82) is 0 Å². The van der Waals surface area contributed by atoms with Crippen LogP contribution in [0.25, 0.3) is 33.5 Å². The van der Waals surface area contributed by atoms with E-state index in [-0.39, 0.29) is 0 Å². The van der Waals surface area contributed by atoms with E-state index in [0.29, 0.717) is 18.0 Å². The predicted molar refractivity (Wildman–Crippen MR) is 104 cm³/mol. The lowest BCUT2D eigenvalue weighted by Gasteiger charge is -2.12. The van der Waals surface area contributed by atoms with E-state index in [1.165, 1.54) is 6.33 Å². The van der Waals surface area contributed by atoms with Gasteiger partial charge in [0.15, 0.2) is 11.5 Å². The average molecular weight is 353 g/mol. The lowest BCUT2D eigenvalue weighted by atomic mass is 10.1. The number of pyridine rings is 2. The molecule has 0 unspecified atom stereocenters. The lowest BCUT2D eigenvalue weighted by molar-refractivity contribution is 1.08. The summed E-state index contributed by atoms with van der Waals surface area (Å²) in [5.41, 5.74) is 5.10. The van der Waals surface area contributed by atoms with E-state index in [2.05, 4.69) is 42.4 Å². The molecule has 2 N–H and O–H groups in total. The minimum Gasteiger partial charge on any atom is -0.364 e. The first-order chi connectivity index (χ1) is 13.4. The number of fused-ring (bicyclic) bond motifs is 2. The second-order valence-electron chi connectivity index (χ2n) is 6.08. The van der Waals surface area contributed by atoms with E-state index < -0.39 is 0 Å². The van der Waals surface area contributed by atoms with Crippen molar-refractivity contribution in [2.75, 3.05) is 5.32 Å². The molecule has 5 rings (SSSR count). The van der Waals surface area contributed by atoms with Gasteiger partial charge in [-0.25, -0.2) is 19.9 Å². The summed E-state index contributed by atoms with van der Waals surface area (Å²) >= 11 is 0. The molecule has 130 valence electrons. The van der Waals surface area contributed by atoms with Gasteiger partial charge in [0.1, 0.15) is 11.8 Å². The number of rotatable bonds is 4. The van der Waals surface area contributed by atoms with E-state index in [4.69, 9.17) is 4.98 Å². The van der Waals surface area contributed by atoms with Gasteiger partial charge in [0.05, 0.1) is 23.2 Å². The van der Waals surface area contributed by atoms with Crippen LogP contribution in [0.5, 0.6) is 0 Å². The SMILES string of the molecule is c1ccc(-c2nc3ccccc3cc2CNc2ncnc3nc[nH]c23)nc1. The summed E-state index contributed by atoms with van der Waals surface area (Å²) in [7, 11) is 0. The fourth-order valence-corrected chi connectivity index (χ4v) is 3.10. The number of para-hydroxylation sites is 1. The van der Waals surface area contributed by atoms with Gasteiger partial charge >= 0.3 is 0 Å². The highest BCUT2D eigenvalue weighted by atomic mass is 15.1. The molecule has 0 atom stereocenters. The standard InChI is InChI=1S/C20H15N7/c1-2-6-15-13(5-1)9-14(17(27-15)16-7-3-4-8-21-16)10-22-19-18-20(24-11-23-18)26-12-25-19/h1-9,11-12H,10H2,(H2,22,23,24,25,26). The minimum atomic E-state index is 0.550. The molecule has 5 aromatic rings. The van der Waals surface area contributed by atoms with E-state index in [9.17, 15) is 0 Å². The molecule has 4 aromatic heterocycles. The Morgan fingerprint density at radius 1 is 0.926 bits per heavy atom. The van der Waals surface area contributed by atoms with Gasteiger partial charge in [-0.05, 0) is 29.8 Å². The highest BCUT2D eigenvalue weighted by Gasteiger charge is 2.12. The van der Waals surface area contributed by atoms with E-state index in [0.717, 1.165) is 33.4 Å². The summed E-state index contributed by atoms with van der Waals surface area (Å²) < 4.78 is 0. The fourth-order valence-electron chi connectivity index (χ4n) is 3.10. The third kappa shape index (κ3) is 2.85. The summed E-state index contributed by atoms with van der Waals surface area (Å²) in [5, 5.41) is 4.46. The van der Waals surface area contributed by atoms with Gasteiger partial charge in [-0.15, -0.1) is 0 Å². The van der Waals surface area contributed by atoms with Gasteiger partial charge in [0.2, 0.25) is 0 Å². The minimum absolute atomic E-state index is 0.550. The molecule has 7 nitrogen and oxygen atoms in total.